The molecule has 3 nitrogen and oxygen atoms in total. The third kappa shape index (κ3) is 3.43. The van der Waals surface area contributed by atoms with Gasteiger partial charge in [0.05, 0.1) is 11.7 Å². The van der Waals surface area contributed by atoms with Crippen LogP contribution < -0.4 is 0 Å². The van der Waals surface area contributed by atoms with E-state index in [-0.39, 0.29) is 12.2 Å². The van der Waals surface area contributed by atoms with Gasteiger partial charge in [-0.05, 0) is 6.92 Å². The summed E-state index contributed by atoms with van der Waals surface area (Å²) in [4.78, 5) is 10.8. The standard InChI is InChI=1S/C8H10O3/c1-4-5-11-8(10)6(2)7(3)9/h1,7,9H,2,5H2,3H3/t7-/m0/s1. The highest BCUT2D eigenvalue weighted by Crippen LogP contribution is 2.00. The van der Waals surface area contributed by atoms with Crippen molar-refractivity contribution >= 4 is 5.97 Å². The van der Waals surface area contributed by atoms with Crippen LogP contribution in [0.15, 0.2) is 12.2 Å². The van der Waals surface area contributed by atoms with Gasteiger partial charge in [0.2, 0.25) is 0 Å². The van der Waals surface area contributed by atoms with E-state index in [1.165, 1.54) is 6.92 Å². The Kier molecular flexibility index (Phi) is 4.01. The van der Waals surface area contributed by atoms with Crippen molar-refractivity contribution in [3.63, 3.8) is 0 Å². The van der Waals surface area contributed by atoms with Crippen LogP contribution in [-0.4, -0.2) is 23.8 Å². The summed E-state index contributed by atoms with van der Waals surface area (Å²) in [6, 6.07) is 0. The fourth-order valence-corrected chi connectivity index (χ4v) is 0.370. The molecule has 1 N–H and O–H groups in total. The van der Waals surface area contributed by atoms with Crippen LogP contribution in [0.4, 0.5) is 0 Å². The van der Waals surface area contributed by atoms with Crippen LogP contribution in [0.3, 0.4) is 0 Å². The number of esters is 1. The second-order valence-corrected chi connectivity index (χ2v) is 1.98. The number of aliphatic hydroxyl groups excluding tert-OH is 1. The first-order valence-electron chi connectivity index (χ1n) is 3.07. The van der Waals surface area contributed by atoms with Crippen molar-refractivity contribution in [2.45, 2.75) is 13.0 Å². The molecule has 0 aromatic rings. The van der Waals surface area contributed by atoms with Gasteiger partial charge in [-0.25, -0.2) is 4.79 Å². The summed E-state index contributed by atoms with van der Waals surface area (Å²) in [6.07, 6.45) is 3.95. The molecule has 0 aromatic carbocycles. The summed E-state index contributed by atoms with van der Waals surface area (Å²) < 4.78 is 4.48. The Morgan fingerprint density at radius 2 is 2.45 bits per heavy atom. The maximum absolute atomic E-state index is 10.8. The smallest absolute Gasteiger partial charge is 0.336 e. The van der Waals surface area contributed by atoms with E-state index in [1.54, 1.807) is 0 Å². The molecule has 0 aliphatic heterocycles. The summed E-state index contributed by atoms with van der Waals surface area (Å²) in [5.41, 5.74) is 0.0141. The zero-order valence-corrected chi connectivity index (χ0v) is 6.33. The first-order chi connectivity index (χ1) is 5.09. The summed E-state index contributed by atoms with van der Waals surface area (Å²) in [6.45, 7) is 4.65. The minimum Gasteiger partial charge on any atom is -0.449 e. The monoisotopic (exact) mass is 154 g/mol. The van der Waals surface area contributed by atoms with E-state index in [0.717, 1.165) is 0 Å². The number of terminal acetylenes is 1. The fraction of sp³-hybridized carbons (Fsp3) is 0.375. The maximum Gasteiger partial charge on any atom is 0.336 e. The maximum atomic E-state index is 10.8. The topological polar surface area (TPSA) is 46.5 Å². The molecule has 1 atom stereocenters. The Balaban J connectivity index is 3.86. The van der Waals surface area contributed by atoms with Gasteiger partial charge in [-0.2, -0.15) is 0 Å². The normalized spacial score (nSPS) is 11.4. The van der Waals surface area contributed by atoms with E-state index in [1.807, 2.05) is 0 Å². The minimum absolute atomic E-state index is 0.0141. The molecule has 0 heterocycles. The fourth-order valence-electron chi connectivity index (χ4n) is 0.370. The molecule has 11 heavy (non-hydrogen) atoms. The first kappa shape index (κ1) is 9.73. The van der Waals surface area contributed by atoms with Crippen LogP contribution in [0, 0.1) is 12.3 Å². The molecule has 0 rings (SSSR count). The zero-order chi connectivity index (χ0) is 8.85. The second-order valence-electron chi connectivity index (χ2n) is 1.98. The van der Waals surface area contributed by atoms with Crippen molar-refractivity contribution in [3.8, 4) is 12.3 Å². The van der Waals surface area contributed by atoms with Gasteiger partial charge in [-0.3, -0.25) is 0 Å². The molecule has 0 saturated carbocycles. The quantitative estimate of drug-likeness (QED) is 0.356. The van der Waals surface area contributed by atoms with Crippen LogP contribution in [0.25, 0.3) is 0 Å². The van der Waals surface area contributed by atoms with Gasteiger partial charge in [0.25, 0.3) is 0 Å². The van der Waals surface area contributed by atoms with Crippen molar-refractivity contribution < 1.29 is 14.6 Å². The summed E-state index contributed by atoms with van der Waals surface area (Å²) in [5, 5.41) is 8.84. The van der Waals surface area contributed by atoms with Gasteiger partial charge in [-0.15, -0.1) is 6.42 Å². The Morgan fingerprint density at radius 3 is 2.82 bits per heavy atom. The lowest BCUT2D eigenvalue weighted by atomic mass is 10.2. The Labute approximate surface area is 65.7 Å². The van der Waals surface area contributed by atoms with Crippen molar-refractivity contribution in [3.05, 3.63) is 12.2 Å². The van der Waals surface area contributed by atoms with Crippen LogP contribution in [0.2, 0.25) is 0 Å². The molecule has 0 fully saturated rings. The number of ether oxygens (including phenoxy) is 1. The first-order valence-corrected chi connectivity index (χ1v) is 3.07. The molecular formula is C8H10O3. The van der Waals surface area contributed by atoms with Crippen LogP contribution in [-0.2, 0) is 9.53 Å². The molecule has 0 spiro atoms. The SMILES string of the molecule is C#CCOC(=O)C(=C)[C@H](C)O. The van der Waals surface area contributed by atoms with E-state index >= 15 is 0 Å². The summed E-state index contributed by atoms with van der Waals surface area (Å²) in [7, 11) is 0. The molecular weight excluding hydrogens is 144 g/mol. The van der Waals surface area contributed by atoms with Gasteiger partial charge in [0, 0.05) is 0 Å². The summed E-state index contributed by atoms with van der Waals surface area (Å²) >= 11 is 0. The highest BCUT2D eigenvalue weighted by Gasteiger charge is 2.12. The van der Waals surface area contributed by atoms with E-state index in [9.17, 15) is 4.79 Å². The highest BCUT2D eigenvalue weighted by atomic mass is 16.5. The molecule has 0 bridgehead atoms. The molecule has 0 saturated heterocycles. The number of rotatable bonds is 3. The molecule has 3 heteroatoms. The number of aliphatic hydroxyl groups is 1. The van der Waals surface area contributed by atoms with E-state index in [2.05, 4.69) is 17.2 Å². The molecule has 60 valence electrons. The predicted molar refractivity (Wildman–Crippen MR) is 40.6 cm³/mol. The lowest BCUT2D eigenvalue weighted by molar-refractivity contribution is -0.138. The van der Waals surface area contributed by atoms with E-state index in [4.69, 9.17) is 11.5 Å². The number of hydrogen-bond acceptors (Lipinski definition) is 3. The minimum atomic E-state index is -0.889. The summed E-state index contributed by atoms with van der Waals surface area (Å²) in [5.74, 6) is 1.47. The van der Waals surface area contributed by atoms with Crippen LogP contribution >= 0.6 is 0 Å². The van der Waals surface area contributed by atoms with Gasteiger partial charge < -0.3 is 9.84 Å². The average Bonchev–Trinajstić information content (AvgIpc) is 1.98. The third-order valence-electron chi connectivity index (χ3n) is 1.05. The molecule has 0 aliphatic rings. The lowest BCUT2D eigenvalue weighted by Gasteiger charge is -2.05. The van der Waals surface area contributed by atoms with Gasteiger partial charge in [0.15, 0.2) is 6.61 Å². The largest absolute Gasteiger partial charge is 0.449 e. The van der Waals surface area contributed by atoms with Gasteiger partial charge in [0.1, 0.15) is 0 Å². The van der Waals surface area contributed by atoms with Crippen molar-refractivity contribution in [1.29, 1.82) is 0 Å². The number of carbonyl (C=O) groups is 1. The van der Waals surface area contributed by atoms with Gasteiger partial charge >= 0.3 is 5.97 Å². The average molecular weight is 154 g/mol. The lowest BCUT2D eigenvalue weighted by Crippen LogP contribution is -2.16. The second kappa shape index (κ2) is 4.53. The highest BCUT2D eigenvalue weighted by molar-refractivity contribution is 5.88. The van der Waals surface area contributed by atoms with Crippen molar-refractivity contribution in [2.75, 3.05) is 6.61 Å². The van der Waals surface area contributed by atoms with E-state index in [0.29, 0.717) is 0 Å². The predicted octanol–water partition coefficient (Wildman–Crippen LogP) is 0.0998. The molecule has 0 amide bonds. The molecule has 0 radical (unpaired) electrons. The molecule has 0 aliphatic carbocycles. The van der Waals surface area contributed by atoms with E-state index < -0.39 is 12.1 Å². The number of carbonyl (C=O) groups excluding carboxylic acids is 1. The molecule has 0 unspecified atom stereocenters. The zero-order valence-electron chi connectivity index (χ0n) is 6.33. The molecule has 0 aromatic heterocycles. The third-order valence-corrected chi connectivity index (χ3v) is 1.05. The van der Waals surface area contributed by atoms with Crippen molar-refractivity contribution in [2.24, 2.45) is 0 Å². The Morgan fingerprint density at radius 1 is 1.91 bits per heavy atom. The van der Waals surface area contributed by atoms with Gasteiger partial charge in [-0.1, -0.05) is 12.5 Å². The Bertz CT molecular complexity index is 198. The Hall–Kier alpha value is -1.27. The van der Waals surface area contributed by atoms with Crippen molar-refractivity contribution in [1.82, 2.24) is 0 Å². The van der Waals surface area contributed by atoms with Crippen LogP contribution in [0.1, 0.15) is 6.92 Å². The number of hydrogen-bond donors (Lipinski definition) is 1. The van der Waals surface area contributed by atoms with Crippen LogP contribution in [0.5, 0.6) is 0 Å².